The van der Waals surface area contributed by atoms with Crippen molar-refractivity contribution >= 4 is 29.6 Å². The second-order valence-electron chi connectivity index (χ2n) is 8.92. The summed E-state index contributed by atoms with van der Waals surface area (Å²) in [5.41, 5.74) is 17.2. The molecule has 0 saturated heterocycles. The number of nitrogens with two attached hydrogens (primary N) is 3. The molecule has 4 amide bonds. The van der Waals surface area contributed by atoms with Crippen LogP contribution in [0.5, 0.6) is 0 Å². The van der Waals surface area contributed by atoms with E-state index in [2.05, 4.69) is 21.3 Å². The van der Waals surface area contributed by atoms with Crippen LogP contribution in [0.2, 0.25) is 0 Å². The number of hydrogen-bond donors (Lipinski definition) is 8. The first-order valence-corrected chi connectivity index (χ1v) is 12.7. The van der Waals surface area contributed by atoms with Gasteiger partial charge in [0.2, 0.25) is 23.6 Å². The zero-order valence-corrected chi connectivity index (χ0v) is 21.8. The van der Waals surface area contributed by atoms with Gasteiger partial charge in [-0.15, -0.1) is 0 Å². The first-order chi connectivity index (χ1) is 18.1. The molecule has 0 aliphatic rings. The van der Waals surface area contributed by atoms with Crippen molar-refractivity contribution in [2.75, 3.05) is 20.1 Å². The van der Waals surface area contributed by atoms with Crippen LogP contribution >= 0.6 is 0 Å². The number of carbonyl (C=O) groups is 5. The van der Waals surface area contributed by atoms with Crippen molar-refractivity contribution in [3.8, 4) is 0 Å². The second-order valence-corrected chi connectivity index (χ2v) is 8.92. The predicted octanol–water partition coefficient (Wildman–Crippen LogP) is -1.90. The predicted molar refractivity (Wildman–Crippen MR) is 141 cm³/mol. The van der Waals surface area contributed by atoms with E-state index < -0.39 is 53.8 Å². The molecule has 0 heterocycles. The molecule has 0 aromatic heterocycles. The van der Waals surface area contributed by atoms with Crippen molar-refractivity contribution < 1.29 is 29.1 Å². The van der Waals surface area contributed by atoms with Crippen LogP contribution in [0, 0.1) is 0 Å². The number of nitrogens with one attached hydrogen (secondary N) is 4. The fraction of sp³-hybridized carbons (Fsp3) is 0.560. The lowest BCUT2D eigenvalue weighted by atomic mass is 10.0. The number of primary amides is 1. The molecule has 0 bridgehead atoms. The number of carboxylic acids is 1. The SMILES string of the molecule is CN[C@H](Cc1ccccc1)C(=O)N[C@@H](CCCN)C(=O)N[C@H](CCC(N)=O)C(=O)N[C@@H](CCCN)C(=O)O. The minimum absolute atomic E-state index is 0.0933. The topological polar surface area (TPSA) is 232 Å². The van der Waals surface area contributed by atoms with Crippen LogP contribution in [0.3, 0.4) is 0 Å². The molecule has 0 spiro atoms. The number of benzene rings is 1. The largest absolute Gasteiger partial charge is 0.480 e. The monoisotopic (exact) mass is 535 g/mol. The Kier molecular flexibility index (Phi) is 15.2. The number of rotatable bonds is 19. The van der Waals surface area contributed by atoms with Crippen LogP contribution in [0.1, 0.15) is 44.1 Å². The number of likely N-dealkylation sites (N-methyl/N-ethyl adjacent to an activating group) is 1. The molecule has 4 atom stereocenters. The first-order valence-electron chi connectivity index (χ1n) is 12.7. The molecule has 0 fully saturated rings. The molecule has 13 nitrogen and oxygen atoms in total. The maximum Gasteiger partial charge on any atom is 0.326 e. The molecule has 0 radical (unpaired) electrons. The van der Waals surface area contributed by atoms with Crippen molar-refractivity contribution in [2.45, 2.75) is 69.1 Å². The zero-order valence-electron chi connectivity index (χ0n) is 21.8. The van der Waals surface area contributed by atoms with E-state index in [1.165, 1.54) is 0 Å². The van der Waals surface area contributed by atoms with Gasteiger partial charge in [-0.3, -0.25) is 19.2 Å². The van der Waals surface area contributed by atoms with Crippen LogP contribution in [0.4, 0.5) is 0 Å². The van der Waals surface area contributed by atoms with Gasteiger partial charge in [-0.25, -0.2) is 4.79 Å². The molecule has 0 aliphatic carbocycles. The van der Waals surface area contributed by atoms with Gasteiger partial charge >= 0.3 is 5.97 Å². The normalized spacial score (nSPS) is 14.0. The molecule has 1 aromatic rings. The Hall–Kier alpha value is -3.55. The van der Waals surface area contributed by atoms with Gasteiger partial charge in [-0.05, 0) is 64.2 Å². The maximum atomic E-state index is 13.2. The number of amides is 4. The van der Waals surface area contributed by atoms with Gasteiger partial charge in [0.1, 0.15) is 18.1 Å². The Morgan fingerprint density at radius 1 is 0.763 bits per heavy atom. The Labute approximate surface area is 222 Å². The third-order valence-electron chi connectivity index (χ3n) is 5.90. The van der Waals surface area contributed by atoms with Crippen molar-refractivity contribution in [2.24, 2.45) is 17.2 Å². The standard InChI is InChI=1S/C25H41N7O6/c1-29-20(15-16-7-3-2-4-8-16)24(36)30-17(9-5-13-26)22(34)31-18(11-12-21(28)33)23(35)32-19(25(37)38)10-6-14-27/h2-4,7-8,17-20,29H,5-6,9-15,26-27H2,1H3,(H2,28,33)(H,30,36)(H,31,34)(H,32,35)(H,37,38)/t17-,18+,19-,20+/m0/s1. The van der Waals surface area contributed by atoms with Gasteiger partial charge in [0, 0.05) is 6.42 Å². The summed E-state index contributed by atoms with van der Waals surface area (Å²) in [6.07, 6.45) is 1.08. The highest BCUT2D eigenvalue weighted by Gasteiger charge is 2.30. The summed E-state index contributed by atoms with van der Waals surface area (Å²) < 4.78 is 0. The fourth-order valence-electron chi connectivity index (χ4n) is 3.72. The van der Waals surface area contributed by atoms with Crippen molar-refractivity contribution in [3.63, 3.8) is 0 Å². The van der Waals surface area contributed by atoms with Crippen LogP contribution < -0.4 is 38.5 Å². The Morgan fingerprint density at radius 3 is 1.71 bits per heavy atom. The zero-order chi connectivity index (χ0) is 28.5. The van der Waals surface area contributed by atoms with Gasteiger partial charge < -0.3 is 43.6 Å². The molecule has 0 unspecified atom stereocenters. The molecular formula is C25H41N7O6. The minimum atomic E-state index is -1.25. The van der Waals surface area contributed by atoms with E-state index in [1.54, 1.807) is 7.05 Å². The van der Waals surface area contributed by atoms with Gasteiger partial charge in [0.15, 0.2) is 0 Å². The molecule has 212 valence electrons. The lowest BCUT2D eigenvalue weighted by Gasteiger charge is -2.25. The third kappa shape index (κ3) is 12.1. The molecule has 0 aliphatic heterocycles. The van der Waals surface area contributed by atoms with Gasteiger partial charge in [-0.2, -0.15) is 0 Å². The molecule has 1 rings (SSSR count). The van der Waals surface area contributed by atoms with Gasteiger partial charge in [0.25, 0.3) is 0 Å². The summed E-state index contributed by atoms with van der Waals surface area (Å²) in [4.78, 5) is 62.0. The van der Waals surface area contributed by atoms with Crippen LogP contribution in [-0.2, 0) is 30.4 Å². The van der Waals surface area contributed by atoms with E-state index in [-0.39, 0.29) is 38.8 Å². The van der Waals surface area contributed by atoms with E-state index in [1.807, 2.05) is 30.3 Å². The first kappa shape index (κ1) is 32.5. The van der Waals surface area contributed by atoms with Crippen molar-refractivity contribution in [3.05, 3.63) is 35.9 Å². The van der Waals surface area contributed by atoms with Crippen LogP contribution in [0.25, 0.3) is 0 Å². The highest BCUT2D eigenvalue weighted by molar-refractivity contribution is 5.94. The third-order valence-corrected chi connectivity index (χ3v) is 5.90. The Bertz CT molecular complexity index is 915. The van der Waals surface area contributed by atoms with E-state index in [9.17, 15) is 29.1 Å². The highest BCUT2D eigenvalue weighted by Crippen LogP contribution is 2.07. The maximum absolute atomic E-state index is 13.2. The average Bonchev–Trinajstić information content (AvgIpc) is 2.89. The van der Waals surface area contributed by atoms with E-state index in [0.29, 0.717) is 19.3 Å². The summed E-state index contributed by atoms with van der Waals surface area (Å²) in [7, 11) is 1.63. The second kappa shape index (κ2) is 17.8. The lowest BCUT2D eigenvalue weighted by molar-refractivity contribution is -0.142. The van der Waals surface area contributed by atoms with Crippen LogP contribution in [-0.4, -0.2) is 79.0 Å². The smallest absolute Gasteiger partial charge is 0.326 e. The molecule has 13 heteroatoms. The van der Waals surface area contributed by atoms with E-state index in [0.717, 1.165) is 5.56 Å². The molecule has 1 aromatic carbocycles. The van der Waals surface area contributed by atoms with Crippen molar-refractivity contribution in [1.29, 1.82) is 0 Å². The quantitative estimate of drug-likeness (QED) is 0.0986. The van der Waals surface area contributed by atoms with Crippen molar-refractivity contribution in [1.82, 2.24) is 21.3 Å². The van der Waals surface area contributed by atoms with Gasteiger partial charge in [-0.1, -0.05) is 30.3 Å². The average molecular weight is 536 g/mol. The Morgan fingerprint density at radius 2 is 1.24 bits per heavy atom. The summed E-state index contributed by atoms with van der Waals surface area (Å²) >= 11 is 0. The number of hydrogen-bond acceptors (Lipinski definition) is 8. The summed E-state index contributed by atoms with van der Waals surface area (Å²) in [6, 6.07) is 5.24. The van der Waals surface area contributed by atoms with Crippen LogP contribution in [0.15, 0.2) is 30.3 Å². The summed E-state index contributed by atoms with van der Waals surface area (Å²) in [5, 5.41) is 20.0. The lowest BCUT2D eigenvalue weighted by Crippen LogP contribution is -2.57. The highest BCUT2D eigenvalue weighted by atomic mass is 16.4. The van der Waals surface area contributed by atoms with E-state index >= 15 is 0 Å². The van der Waals surface area contributed by atoms with E-state index in [4.69, 9.17) is 17.2 Å². The molecule has 11 N–H and O–H groups in total. The van der Waals surface area contributed by atoms with Gasteiger partial charge in [0.05, 0.1) is 6.04 Å². The molecular weight excluding hydrogens is 494 g/mol. The molecule has 38 heavy (non-hydrogen) atoms. The Balaban J connectivity index is 3.00. The number of aliphatic carboxylic acids is 1. The summed E-state index contributed by atoms with van der Waals surface area (Å²) in [6.45, 7) is 0.508. The molecule has 0 saturated carbocycles. The summed E-state index contributed by atoms with van der Waals surface area (Å²) in [5.74, 6) is -3.82. The number of carboxylic acid groups (broad SMARTS) is 1. The fourth-order valence-corrected chi connectivity index (χ4v) is 3.72. The number of carbonyl (C=O) groups excluding carboxylic acids is 4. The minimum Gasteiger partial charge on any atom is -0.480 e.